The van der Waals surface area contributed by atoms with Crippen molar-refractivity contribution in [3.8, 4) is 11.1 Å². The fraction of sp³-hybridized carbons (Fsp3) is 0. The molecule has 0 atom stereocenters. The smallest absolute Gasteiger partial charge is 0.136 e. The maximum atomic E-state index is 6.10. The zero-order valence-corrected chi connectivity index (χ0v) is 14.5. The van der Waals surface area contributed by atoms with Gasteiger partial charge in [0.2, 0.25) is 0 Å². The lowest BCUT2D eigenvalue weighted by atomic mass is 9.93. The summed E-state index contributed by atoms with van der Waals surface area (Å²) in [4.78, 5) is 4.40. The first-order chi connectivity index (χ1) is 13.4. The van der Waals surface area contributed by atoms with E-state index in [1.54, 1.807) is 0 Å². The second-order valence-corrected chi connectivity index (χ2v) is 6.88. The molecule has 0 aliphatic rings. The van der Waals surface area contributed by atoms with E-state index in [0.717, 1.165) is 21.9 Å². The van der Waals surface area contributed by atoms with Gasteiger partial charge in [-0.1, -0.05) is 48.5 Å². The van der Waals surface area contributed by atoms with Crippen LogP contribution in [0.2, 0.25) is 0 Å². The first-order valence-electron chi connectivity index (χ1n) is 9.06. The van der Waals surface area contributed by atoms with E-state index in [4.69, 9.17) is 4.42 Å². The minimum Gasteiger partial charge on any atom is -0.456 e. The normalized spacial score (nSPS) is 11.7. The molecule has 0 fully saturated rings. The van der Waals surface area contributed by atoms with E-state index < -0.39 is 0 Å². The van der Waals surface area contributed by atoms with Crippen molar-refractivity contribution in [2.75, 3.05) is 0 Å². The summed E-state index contributed by atoms with van der Waals surface area (Å²) >= 11 is 0. The Labute approximate surface area is 155 Å². The summed E-state index contributed by atoms with van der Waals surface area (Å²) in [6.45, 7) is 0. The molecule has 2 heterocycles. The molecule has 4 aromatic carbocycles. The SMILES string of the molecule is c1ccc(-c2cc3cc4oc5ccccc5c4cc3c3cnccc23)cc1. The molecule has 0 bridgehead atoms. The second-order valence-electron chi connectivity index (χ2n) is 6.88. The predicted molar refractivity (Wildman–Crippen MR) is 112 cm³/mol. The summed E-state index contributed by atoms with van der Waals surface area (Å²) in [5.41, 5.74) is 4.27. The second kappa shape index (κ2) is 5.42. The molecule has 6 aromatic rings. The van der Waals surface area contributed by atoms with Crippen molar-refractivity contribution in [2.45, 2.75) is 0 Å². The van der Waals surface area contributed by atoms with E-state index in [1.807, 2.05) is 30.6 Å². The zero-order chi connectivity index (χ0) is 17.8. The first-order valence-corrected chi connectivity index (χ1v) is 9.06. The largest absolute Gasteiger partial charge is 0.456 e. The van der Waals surface area contributed by atoms with Gasteiger partial charge in [0, 0.05) is 28.6 Å². The molecule has 0 saturated heterocycles. The van der Waals surface area contributed by atoms with E-state index in [9.17, 15) is 0 Å². The molecule has 2 nitrogen and oxygen atoms in total. The van der Waals surface area contributed by atoms with E-state index >= 15 is 0 Å². The van der Waals surface area contributed by atoms with Crippen LogP contribution in [0.1, 0.15) is 0 Å². The van der Waals surface area contributed by atoms with Crippen LogP contribution in [0, 0.1) is 0 Å². The first kappa shape index (κ1) is 14.5. The molecule has 2 aromatic heterocycles. The lowest BCUT2D eigenvalue weighted by Crippen LogP contribution is -1.85. The molecule has 126 valence electrons. The van der Waals surface area contributed by atoms with Crippen LogP contribution in [0.25, 0.3) is 54.6 Å². The lowest BCUT2D eigenvalue weighted by Gasteiger charge is -2.11. The molecule has 27 heavy (non-hydrogen) atoms. The summed E-state index contributed by atoms with van der Waals surface area (Å²) < 4.78 is 6.10. The molecule has 0 spiro atoms. The number of furan rings is 1. The highest BCUT2D eigenvalue weighted by atomic mass is 16.3. The zero-order valence-electron chi connectivity index (χ0n) is 14.5. The Morgan fingerprint density at radius 2 is 1.44 bits per heavy atom. The number of hydrogen-bond donors (Lipinski definition) is 0. The molecule has 0 amide bonds. The number of rotatable bonds is 1. The maximum Gasteiger partial charge on any atom is 0.136 e. The highest BCUT2D eigenvalue weighted by molar-refractivity contribution is 6.19. The van der Waals surface area contributed by atoms with Crippen molar-refractivity contribution in [3.05, 3.63) is 91.3 Å². The summed E-state index contributed by atoms with van der Waals surface area (Å²) in [5.74, 6) is 0. The van der Waals surface area contributed by atoms with Gasteiger partial charge >= 0.3 is 0 Å². The molecule has 2 heteroatoms. The highest BCUT2D eigenvalue weighted by Gasteiger charge is 2.12. The van der Waals surface area contributed by atoms with Gasteiger partial charge in [-0.15, -0.1) is 0 Å². The van der Waals surface area contributed by atoms with Crippen molar-refractivity contribution < 1.29 is 4.42 Å². The van der Waals surface area contributed by atoms with Crippen molar-refractivity contribution in [2.24, 2.45) is 0 Å². The third kappa shape index (κ3) is 2.10. The van der Waals surface area contributed by atoms with Crippen molar-refractivity contribution in [1.82, 2.24) is 4.98 Å². The lowest BCUT2D eigenvalue weighted by molar-refractivity contribution is 0.669. The summed E-state index contributed by atoms with van der Waals surface area (Å²) in [7, 11) is 0. The van der Waals surface area contributed by atoms with Crippen LogP contribution in [-0.2, 0) is 0 Å². The van der Waals surface area contributed by atoms with E-state index in [0.29, 0.717) is 0 Å². The molecule has 0 radical (unpaired) electrons. The Bertz CT molecular complexity index is 1460. The van der Waals surface area contributed by atoms with E-state index in [-0.39, 0.29) is 0 Å². The van der Waals surface area contributed by atoms with Crippen LogP contribution in [-0.4, -0.2) is 4.98 Å². The number of para-hydroxylation sites is 1. The number of nitrogens with zero attached hydrogens (tertiary/aromatic N) is 1. The number of hydrogen-bond acceptors (Lipinski definition) is 2. The highest BCUT2D eigenvalue weighted by Crippen LogP contribution is 2.38. The van der Waals surface area contributed by atoms with Crippen molar-refractivity contribution in [3.63, 3.8) is 0 Å². The van der Waals surface area contributed by atoms with E-state index in [1.165, 1.54) is 32.7 Å². The van der Waals surface area contributed by atoms with Crippen LogP contribution < -0.4 is 0 Å². The number of aromatic nitrogens is 1. The standard InChI is InChI=1S/C25H15NO/c1-2-6-16(7-3-1)20-12-17-13-25-22(19-8-4-5-9-24(19)27-25)14-21(17)23-15-26-11-10-18(20)23/h1-15H. The molecule has 0 aliphatic heterocycles. The third-order valence-corrected chi connectivity index (χ3v) is 5.33. The van der Waals surface area contributed by atoms with Crippen LogP contribution in [0.15, 0.2) is 95.7 Å². The van der Waals surface area contributed by atoms with E-state index in [2.05, 4.69) is 65.6 Å². The van der Waals surface area contributed by atoms with Crippen LogP contribution in [0.3, 0.4) is 0 Å². The van der Waals surface area contributed by atoms with Crippen LogP contribution >= 0.6 is 0 Å². The summed E-state index contributed by atoms with van der Waals surface area (Å²) in [6.07, 6.45) is 3.84. The average Bonchev–Trinajstić information content (AvgIpc) is 3.10. The van der Waals surface area contributed by atoms with Gasteiger partial charge in [-0.3, -0.25) is 4.98 Å². The van der Waals surface area contributed by atoms with Gasteiger partial charge in [-0.2, -0.15) is 0 Å². The molecule has 0 N–H and O–H groups in total. The molecule has 0 aliphatic carbocycles. The van der Waals surface area contributed by atoms with Crippen LogP contribution in [0.4, 0.5) is 0 Å². The Morgan fingerprint density at radius 3 is 2.37 bits per heavy atom. The van der Waals surface area contributed by atoms with Crippen molar-refractivity contribution >= 4 is 43.5 Å². The maximum absolute atomic E-state index is 6.10. The predicted octanol–water partition coefficient (Wildman–Crippen LogP) is 6.95. The molecule has 0 unspecified atom stereocenters. The van der Waals surface area contributed by atoms with Crippen molar-refractivity contribution in [1.29, 1.82) is 0 Å². The molecular weight excluding hydrogens is 330 g/mol. The van der Waals surface area contributed by atoms with Gasteiger partial charge in [0.25, 0.3) is 0 Å². The number of pyridine rings is 1. The Hall–Kier alpha value is -3.65. The molecular formula is C25H15NO. The average molecular weight is 345 g/mol. The van der Waals surface area contributed by atoms with Gasteiger partial charge in [-0.05, 0) is 57.6 Å². The summed E-state index contributed by atoms with van der Waals surface area (Å²) in [5, 5.41) is 7.06. The Balaban J connectivity index is 1.80. The molecule has 0 saturated carbocycles. The molecule has 6 rings (SSSR count). The van der Waals surface area contributed by atoms with Gasteiger partial charge < -0.3 is 4.42 Å². The monoisotopic (exact) mass is 345 g/mol. The fourth-order valence-electron chi connectivity index (χ4n) is 4.07. The number of fused-ring (bicyclic) bond motifs is 6. The van der Waals surface area contributed by atoms with Gasteiger partial charge in [0.15, 0.2) is 0 Å². The summed E-state index contributed by atoms with van der Waals surface area (Å²) in [6, 6.07) is 27.5. The third-order valence-electron chi connectivity index (χ3n) is 5.33. The minimum absolute atomic E-state index is 0.922. The minimum atomic E-state index is 0.922. The van der Waals surface area contributed by atoms with Crippen LogP contribution in [0.5, 0.6) is 0 Å². The fourth-order valence-corrected chi connectivity index (χ4v) is 4.07. The Kier molecular flexibility index (Phi) is 2.91. The topological polar surface area (TPSA) is 26.0 Å². The van der Waals surface area contributed by atoms with Gasteiger partial charge in [0.1, 0.15) is 11.2 Å². The Morgan fingerprint density at radius 1 is 0.593 bits per heavy atom. The van der Waals surface area contributed by atoms with Gasteiger partial charge in [-0.25, -0.2) is 0 Å². The number of benzene rings is 4. The quantitative estimate of drug-likeness (QED) is 0.301. The van der Waals surface area contributed by atoms with Gasteiger partial charge in [0.05, 0.1) is 0 Å².